The number of rotatable bonds is 0. The Morgan fingerprint density at radius 2 is 0.800 bits per heavy atom. The normalized spacial score (nSPS) is 1.60. The van der Waals surface area contributed by atoms with Crippen molar-refractivity contribution in [3.63, 3.8) is 0 Å². The van der Waals surface area contributed by atoms with Crippen LogP contribution in [0.15, 0.2) is 0 Å². The van der Waals surface area contributed by atoms with Gasteiger partial charge in [-0.3, -0.25) is 13.6 Å². The molecule has 0 aromatic carbocycles. The molecule has 32 valence electrons. The van der Waals surface area contributed by atoms with Crippen LogP contribution < -0.4 is 0 Å². The van der Waals surface area contributed by atoms with Crippen LogP contribution in [0, 0.1) is 0 Å². The topological polar surface area (TPSA) is 34.1 Å². The molecule has 0 bridgehead atoms. The minimum Gasteiger partial charge on any atom is -0.545 e. The van der Waals surface area contributed by atoms with E-state index in [0.717, 1.165) is 0 Å². The molecule has 0 aromatic heterocycles. The second-order valence-corrected chi connectivity index (χ2v) is 0. The van der Waals surface area contributed by atoms with Crippen molar-refractivity contribution < 1.29 is 30.7 Å². The predicted octanol–water partition coefficient (Wildman–Crippen LogP) is -0.551. The zero-order valence-corrected chi connectivity index (χ0v) is 4.56. The molecule has 0 heterocycles. The number of hydrogen-bond donors (Lipinski definition) is 0. The van der Waals surface area contributed by atoms with Crippen LogP contribution in [-0.4, -0.2) is 13.6 Å². The Morgan fingerprint density at radius 3 is 0.800 bits per heavy atom. The first-order valence-corrected chi connectivity index (χ1v) is 0.471. The summed E-state index contributed by atoms with van der Waals surface area (Å²) in [5.41, 5.74) is 0. The van der Waals surface area contributed by atoms with Crippen molar-refractivity contribution in [1.29, 1.82) is 0 Å². The van der Waals surface area contributed by atoms with Crippen LogP contribution in [0.3, 0.4) is 0 Å². The van der Waals surface area contributed by atoms with E-state index in [-0.39, 0.29) is 21.1 Å². The van der Waals surface area contributed by atoms with Gasteiger partial charge in [-0.15, -0.1) is 0 Å². The first-order valence-electron chi connectivity index (χ1n) is 0.471. The Labute approximate surface area is 44.8 Å². The standard InChI is InChI=1S/2CHO.Pt/c2*1-2;/h2*1H;/q2*-1;+2. The van der Waals surface area contributed by atoms with Crippen molar-refractivity contribution in [3.8, 4) is 0 Å². The van der Waals surface area contributed by atoms with Gasteiger partial charge < -0.3 is 9.59 Å². The first kappa shape index (κ1) is 19.8. The van der Waals surface area contributed by atoms with Gasteiger partial charge in [0, 0.05) is 0 Å². The largest absolute Gasteiger partial charge is 2.00 e. The maximum atomic E-state index is 7.75. The van der Waals surface area contributed by atoms with Gasteiger partial charge in [0.1, 0.15) is 0 Å². The summed E-state index contributed by atoms with van der Waals surface area (Å²) in [6, 6.07) is 0. The van der Waals surface area contributed by atoms with Gasteiger partial charge in [0.2, 0.25) is 0 Å². The van der Waals surface area contributed by atoms with Crippen LogP contribution in [-0.2, 0) is 30.7 Å². The third-order valence-electron chi connectivity index (χ3n) is 0. The summed E-state index contributed by atoms with van der Waals surface area (Å²) in [5, 5.41) is 0. The minimum absolute atomic E-state index is 0. The zero-order valence-electron chi connectivity index (χ0n) is 2.29. The van der Waals surface area contributed by atoms with Gasteiger partial charge in [-0.1, -0.05) is 0 Å². The molecule has 0 unspecified atom stereocenters. The molecule has 2 nitrogen and oxygen atoms in total. The van der Waals surface area contributed by atoms with E-state index in [4.69, 9.17) is 9.59 Å². The van der Waals surface area contributed by atoms with E-state index < -0.39 is 0 Å². The Hall–Kier alpha value is 0.0283. The molecule has 3 heteroatoms. The minimum atomic E-state index is 0. The van der Waals surface area contributed by atoms with Crippen LogP contribution in [0.5, 0.6) is 0 Å². The van der Waals surface area contributed by atoms with Crippen LogP contribution in [0.2, 0.25) is 0 Å². The zero-order chi connectivity index (χ0) is 4.00. The molecule has 0 radical (unpaired) electrons. The molecule has 0 spiro atoms. The van der Waals surface area contributed by atoms with Crippen molar-refractivity contribution in [1.82, 2.24) is 0 Å². The average molecular weight is 253 g/mol. The summed E-state index contributed by atoms with van der Waals surface area (Å²) >= 11 is 0. The summed E-state index contributed by atoms with van der Waals surface area (Å²) in [7, 11) is 0. The Morgan fingerprint density at radius 1 is 0.800 bits per heavy atom. The monoisotopic (exact) mass is 253 g/mol. The molecule has 0 aliphatic carbocycles. The molecule has 0 saturated heterocycles. The molecule has 0 atom stereocenters. The number of carbonyl (C=O) groups excluding carboxylic acids is 2. The summed E-state index contributed by atoms with van der Waals surface area (Å²) in [4.78, 5) is 15.5. The quantitative estimate of drug-likeness (QED) is 0.429. The van der Waals surface area contributed by atoms with E-state index in [0.29, 0.717) is 0 Å². The van der Waals surface area contributed by atoms with Crippen molar-refractivity contribution in [3.05, 3.63) is 0 Å². The molecule has 0 fully saturated rings. The van der Waals surface area contributed by atoms with Crippen molar-refractivity contribution >= 4 is 13.6 Å². The molecule has 0 aromatic rings. The Balaban J connectivity index is -0.0000000133. The van der Waals surface area contributed by atoms with E-state index in [9.17, 15) is 0 Å². The van der Waals surface area contributed by atoms with Gasteiger partial charge >= 0.3 is 21.1 Å². The van der Waals surface area contributed by atoms with E-state index >= 15 is 0 Å². The maximum absolute atomic E-state index is 7.75. The van der Waals surface area contributed by atoms with Crippen LogP contribution in [0.25, 0.3) is 0 Å². The molecule has 0 saturated carbocycles. The fourth-order valence-corrected chi connectivity index (χ4v) is 0. The molecule has 5 heavy (non-hydrogen) atoms. The molecular weight excluding hydrogens is 251 g/mol. The van der Waals surface area contributed by atoms with Gasteiger partial charge in [-0.2, -0.15) is 0 Å². The summed E-state index contributed by atoms with van der Waals surface area (Å²) in [5.74, 6) is 0. The van der Waals surface area contributed by atoms with Crippen LogP contribution in [0.4, 0.5) is 0 Å². The van der Waals surface area contributed by atoms with E-state index in [1.807, 2.05) is 0 Å². The molecule has 0 N–H and O–H groups in total. The third-order valence-corrected chi connectivity index (χ3v) is 0. The third kappa shape index (κ3) is 20700. The Bertz CT molecular complexity index is 9.61. The van der Waals surface area contributed by atoms with Crippen LogP contribution >= 0.6 is 0 Å². The van der Waals surface area contributed by atoms with Gasteiger partial charge in [-0.05, 0) is 0 Å². The fourth-order valence-electron chi connectivity index (χ4n) is 0. The van der Waals surface area contributed by atoms with E-state index in [1.165, 1.54) is 0 Å². The first-order chi connectivity index (χ1) is 2.00. The summed E-state index contributed by atoms with van der Waals surface area (Å²) in [6.45, 7) is 6.50. The smallest absolute Gasteiger partial charge is 0.545 e. The van der Waals surface area contributed by atoms with E-state index in [1.54, 1.807) is 0 Å². The van der Waals surface area contributed by atoms with Crippen molar-refractivity contribution in [2.45, 2.75) is 0 Å². The maximum Gasteiger partial charge on any atom is 2.00 e. The molecular formula is C2H2O2Pt. The second-order valence-electron chi connectivity index (χ2n) is 0. The summed E-state index contributed by atoms with van der Waals surface area (Å²) < 4.78 is 0. The van der Waals surface area contributed by atoms with Gasteiger partial charge in [0.15, 0.2) is 0 Å². The fraction of sp³-hybridized carbons (Fsp3) is 0. The van der Waals surface area contributed by atoms with E-state index in [2.05, 4.69) is 13.6 Å². The molecule has 0 aliphatic heterocycles. The van der Waals surface area contributed by atoms with Gasteiger partial charge in [-0.25, -0.2) is 0 Å². The number of hydrogen-bond acceptors (Lipinski definition) is 2. The molecule has 0 amide bonds. The van der Waals surface area contributed by atoms with Gasteiger partial charge in [0.25, 0.3) is 0 Å². The van der Waals surface area contributed by atoms with Crippen molar-refractivity contribution in [2.24, 2.45) is 0 Å². The van der Waals surface area contributed by atoms with Crippen LogP contribution in [0.1, 0.15) is 0 Å². The van der Waals surface area contributed by atoms with Crippen molar-refractivity contribution in [2.75, 3.05) is 0 Å². The SMILES string of the molecule is [CH-]=O.[CH-]=O.[Pt+2]. The molecule has 0 rings (SSSR count). The second kappa shape index (κ2) is 46100. The summed E-state index contributed by atoms with van der Waals surface area (Å²) in [6.07, 6.45) is 0. The van der Waals surface area contributed by atoms with Gasteiger partial charge in [0.05, 0.1) is 0 Å². The molecule has 0 aliphatic rings. The average Bonchev–Trinajstić information content (AvgIpc) is 1.50. The predicted molar refractivity (Wildman–Crippen MR) is 13.5 cm³/mol. The Kier molecular flexibility index (Phi) is 183000.